The number of hydrogen-bond donors (Lipinski definition) is 2. The van der Waals surface area contributed by atoms with Crippen molar-refractivity contribution in [3.8, 4) is 0 Å². The molecule has 0 aromatic carbocycles. The van der Waals surface area contributed by atoms with Crippen LogP contribution in [0.3, 0.4) is 0 Å². The van der Waals surface area contributed by atoms with Crippen molar-refractivity contribution in [1.29, 1.82) is 0 Å². The first-order chi connectivity index (χ1) is 5.33. The molecule has 3 N–H and O–H groups in total. The van der Waals surface area contributed by atoms with Crippen LogP contribution in [-0.4, -0.2) is 18.1 Å². The van der Waals surface area contributed by atoms with Crippen LogP contribution in [0.5, 0.6) is 0 Å². The van der Waals surface area contributed by atoms with Gasteiger partial charge in [-0.15, -0.1) is 0 Å². The molecule has 0 saturated carbocycles. The summed E-state index contributed by atoms with van der Waals surface area (Å²) in [6.07, 6.45) is 1.06. The van der Waals surface area contributed by atoms with Crippen molar-refractivity contribution < 1.29 is 0 Å². The summed E-state index contributed by atoms with van der Waals surface area (Å²) in [7, 11) is 0. The van der Waals surface area contributed by atoms with E-state index in [1.54, 1.807) is 0 Å². The first-order valence-electron chi connectivity index (χ1n) is 4.83. The molecule has 2 heteroatoms. The molecule has 0 saturated heterocycles. The average molecular weight is 172 g/mol. The molecular weight excluding hydrogens is 148 g/mol. The van der Waals surface area contributed by atoms with E-state index in [1.807, 2.05) is 0 Å². The maximum absolute atomic E-state index is 5.91. The summed E-state index contributed by atoms with van der Waals surface area (Å²) in [6, 6.07) is 0.333. The second-order valence-corrected chi connectivity index (χ2v) is 4.87. The Morgan fingerprint density at radius 2 is 1.75 bits per heavy atom. The first-order valence-corrected chi connectivity index (χ1v) is 4.83. The predicted molar refractivity (Wildman–Crippen MR) is 55.2 cm³/mol. The lowest BCUT2D eigenvalue weighted by Crippen LogP contribution is -2.39. The normalized spacial score (nSPS) is 15.2. The highest BCUT2D eigenvalue weighted by atomic mass is 14.9. The van der Waals surface area contributed by atoms with E-state index in [0.717, 1.165) is 13.0 Å². The monoisotopic (exact) mass is 172 g/mol. The highest BCUT2D eigenvalue weighted by molar-refractivity contribution is 4.73. The minimum Gasteiger partial charge on any atom is -0.327 e. The fourth-order valence-corrected chi connectivity index (χ4v) is 0.947. The van der Waals surface area contributed by atoms with E-state index in [4.69, 9.17) is 5.73 Å². The summed E-state index contributed by atoms with van der Waals surface area (Å²) < 4.78 is 0. The maximum atomic E-state index is 5.91. The van der Waals surface area contributed by atoms with Crippen LogP contribution in [0.15, 0.2) is 0 Å². The van der Waals surface area contributed by atoms with Gasteiger partial charge in [-0.3, -0.25) is 0 Å². The number of nitrogens with two attached hydrogens (primary N) is 1. The van der Waals surface area contributed by atoms with E-state index < -0.39 is 0 Å². The SMILES string of the molecule is CC(C)C(N)CCNC(C)(C)C. The molecule has 12 heavy (non-hydrogen) atoms. The lowest BCUT2D eigenvalue weighted by Gasteiger charge is -2.23. The van der Waals surface area contributed by atoms with E-state index in [0.29, 0.717) is 12.0 Å². The zero-order valence-electron chi connectivity index (χ0n) is 9.15. The molecule has 0 fully saturated rings. The Labute approximate surface area is 76.9 Å². The van der Waals surface area contributed by atoms with E-state index in [2.05, 4.69) is 39.9 Å². The van der Waals surface area contributed by atoms with Gasteiger partial charge in [0.2, 0.25) is 0 Å². The highest BCUT2D eigenvalue weighted by Crippen LogP contribution is 2.03. The molecule has 74 valence electrons. The Bertz CT molecular complexity index is 113. The molecule has 0 bridgehead atoms. The summed E-state index contributed by atoms with van der Waals surface area (Å²) in [4.78, 5) is 0. The Hall–Kier alpha value is -0.0800. The highest BCUT2D eigenvalue weighted by Gasteiger charge is 2.11. The average Bonchev–Trinajstić information content (AvgIpc) is 1.84. The summed E-state index contributed by atoms with van der Waals surface area (Å²) in [5.41, 5.74) is 6.12. The summed E-state index contributed by atoms with van der Waals surface area (Å²) in [5.74, 6) is 0.590. The van der Waals surface area contributed by atoms with Crippen molar-refractivity contribution in [2.45, 2.75) is 52.6 Å². The summed E-state index contributed by atoms with van der Waals surface area (Å²) in [5, 5.41) is 3.43. The molecule has 0 amide bonds. The van der Waals surface area contributed by atoms with Crippen LogP contribution in [-0.2, 0) is 0 Å². The van der Waals surface area contributed by atoms with Crippen LogP contribution in [0, 0.1) is 5.92 Å². The first kappa shape index (κ1) is 11.9. The molecule has 0 aromatic heterocycles. The van der Waals surface area contributed by atoms with Crippen molar-refractivity contribution in [3.63, 3.8) is 0 Å². The van der Waals surface area contributed by atoms with Crippen LogP contribution in [0.25, 0.3) is 0 Å². The fraction of sp³-hybridized carbons (Fsp3) is 1.00. The fourth-order valence-electron chi connectivity index (χ4n) is 0.947. The molecule has 1 atom stereocenters. The van der Waals surface area contributed by atoms with E-state index >= 15 is 0 Å². The predicted octanol–water partition coefficient (Wildman–Crippen LogP) is 1.75. The van der Waals surface area contributed by atoms with Crippen molar-refractivity contribution in [3.05, 3.63) is 0 Å². The van der Waals surface area contributed by atoms with E-state index in [9.17, 15) is 0 Å². The van der Waals surface area contributed by atoms with Gasteiger partial charge in [-0.05, 0) is 39.7 Å². The molecule has 0 radical (unpaired) electrons. The van der Waals surface area contributed by atoms with Crippen molar-refractivity contribution in [2.75, 3.05) is 6.54 Å². The molecule has 0 rings (SSSR count). The van der Waals surface area contributed by atoms with Crippen LogP contribution in [0.2, 0.25) is 0 Å². The van der Waals surface area contributed by atoms with Crippen LogP contribution in [0.4, 0.5) is 0 Å². The van der Waals surface area contributed by atoms with Crippen LogP contribution in [0.1, 0.15) is 41.0 Å². The van der Waals surface area contributed by atoms with Crippen molar-refractivity contribution in [1.82, 2.24) is 5.32 Å². The molecule has 0 aromatic rings. The zero-order chi connectivity index (χ0) is 9.78. The number of rotatable bonds is 4. The van der Waals surface area contributed by atoms with Crippen LogP contribution < -0.4 is 11.1 Å². The Morgan fingerprint density at radius 3 is 2.08 bits per heavy atom. The van der Waals surface area contributed by atoms with Gasteiger partial charge in [0.25, 0.3) is 0 Å². The zero-order valence-corrected chi connectivity index (χ0v) is 9.15. The third-order valence-corrected chi connectivity index (χ3v) is 1.99. The smallest absolute Gasteiger partial charge is 0.00965 e. The number of hydrogen-bond acceptors (Lipinski definition) is 2. The third-order valence-electron chi connectivity index (χ3n) is 1.99. The molecule has 2 nitrogen and oxygen atoms in total. The quantitative estimate of drug-likeness (QED) is 0.678. The van der Waals surface area contributed by atoms with E-state index in [1.165, 1.54) is 0 Å². The molecule has 0 aliphatic heterocycles. The van der Waals surface area contributed by atoms with Gasteiger partial charge < -0.3 is 11.1 Å². The van der Waals surface area contributed by atoms with Gasteiger partial charge in [0.1, 0.15) is 0 Å². The van der Waals surface area contributed by atoms with Crippen molar-refractivity contribution >= 4 is 0 Å². The Kier molecular flexibility index (Phi) is 4.80. The lowest BCUT2D eigenvalue weighted by molar-refractivity contribution is 0.384. The minimum atomic E-state index is 0.219. The number of nitrogens with one attached hydrogen (secondary N) is 1. The Morgan fingerprint density at radius 1 is 1.25 bits per heavy atom. The second-order valence-electron chi connectivity index (χ2n) is 4.87. The molecule has 1 unspecified atom stereocenters. The van der Waals surface area contributed by atoms with Gasteiger partial charge in [0.05, 0.1) is 0 Å². The van der Waals surface area contributed by atoms with Crippen molar-refractivity contribution in [2.24, 2.45) is 11.7 Å². The molecule has 0 aliphatic rings. The third kappa shape index (κ3) is 6.62. The second kappa shape index (κ2) is 4.83. The molecular formula is C10H24N2. The lowest BCUT2D eigenvalue weighted by atomic mass is 10.0. The van der Waals surface area contributed by atoms with Gasteiger partial charge >= 0.3 is 0 Å². The van der Waals surface area contributed by atoms with Gasteiger partial charge in [0, 0.05) is 11.6 Å². The molecule has 0 aliphatic carbocycles. The topological polar surface area (TPSA) is 38.0 Å². The minimum absolute atomic E-state index is 0.219. The summed E-state index contributed by atoms with van der Waals surface area (Å²) in [6.45, 7) is 11.9. The van der Waals surface area contributed by atoms with Gasteiger partial charge in [-0.2, -0.15) is 0 Å². The van der Waals surface area contributed by atoms with Gasteiger partial charge in [0.15, 0.2) is 0 Å². The largest absolute Gasteiger partial charge is 0.327 e. The van der Waals surface area contributed by atoms with E-state index in [-0.39, 0.29) is 5.54 Å². The van der Waals surface area contributed by atoms with Gasteiger partial charge in [-0.1, -0.05) is 13.8 Å². The van der Waals surface area contributed by atoms with Crippen LogP contribution >= 0.6 is 0 Å². The van der Waals surface area contributed by atoms with Gasteiger partial charge in [-0.25, -0.2) is 0 Å². The summed E-state index contributed by atoms with van der Waals surface area (Å²) >= 11 is 0. The standard InChI is InChI=1S/C10H24N2/c1-8(2)9(11)6-7-12-10(3,4)5/h8-9,12H,6-7,11H2,1-5H3. The maximum Gasteiger partial charge on any atom is 0.00965 e. The molecule has 0 heterocycles. The Balaban J connectivity index is 3.44. The molecule has 0 spiro atoms.